The van der Waals surface area contributed by atoms with Gasteiger partial charge < -0.3 is 5.11 Å². The molecular weight excluding hydrogens is 282 g/mol. The highest BCUT2D eigenvalue weighted by atomic mass is 35.5. The minimum atomic E-state index is -0.112. The maximum Gasteiger partial charge on any atom is 0.104 e. The first-order valence-corrected chi connectivity index (χ1v) is 7.17. The number of hydrogen-bond acceptors (Lipinski definition) is 2. The van der Waals surface area contributed by atoms with Crippen LogP contribution in [0.1, 0.15) is 16.7 Å². The van der Waals surface area contributed by atoms with Crippen molar-refractivity contribution in [3.05, 3.63) is 70.2 Å². The molecular formula is C18H18ClNO. The van der Waals surface area contributed by atoms with Crippen molar-refractivity contribution in [3.8, 4) is 11.8 Å². The first kappa shape index (κ1) is 15.6. The Balaban J connectivity index is 2.00. The molecule has 0 aliphatic carbocycles. The SMILES string of the molecule is CN(Cc1cccc(Cl)c1)Cc1cccc(C#CCO)c1. The Hall–Kier alpha value is -1.79. The minimum absolute atomic E-state index is 0.112. The van der Waals surface area contributed by atoms with E-state index < -0.39 is 0 Å². The zero-order valence-electron chi connectivity index (χ0n) is 12.0. The second-order valence-electron chi connectivity index (χ2n) is 4.96. The molecule has 21 heavy (non-hydrogen) atoms. The fourth-order valence-corrected chi connectivity index (χ4v) is 2.42. The Morgan fingerprint density at radius 1 is 1.05 bits per heavy atom. The van der Waals surface area contributed by atoms with Gasteiger partial charge in [-0.05, 0) is 42.4 Å². The zero-order valence-corrected chi connectivity index (χ0v) is 12.8. The molecule has 2 rings (SSSR count). The molecule has 0 atom stereocenters. The Labute approximate surface area is 131 Å². The predicted molar refractivity (Wildman–Crippen MR) is 87.0 cm³/mol. The van der Waals surface area contributed by atoms with Gasteiger partial charge in [0.15, 0.2) is 0 Å². The van der Waals surface area contributed by atoms with Crippen LogP contribution in [0.3, 0.4) is 0 Å². The van der Waals surface area contributed by atoms with Crippen LogP contribution in [0.5, 0.6) is 0 Å². The van der Waals surface area contributed by atoms with Gasteiger partial charge >= 0.3 is 0 Å². The molecule has 0 spiro atoms. The molecule has 2 aromatic rings. The lowest BCUT2D eigenvalue weighted by molar-refractivity contribution is 0.319. The first-order chi connectivity index (χ1) is 10.2. The fourth-order valence-electron chi connectivity index (χ4n) is 2.20. The molecule has 0 heterocycles. The van der Waals surface area contributed by atoms with Gasteiger partial charge in [-0.2, -0.15) is 0 Å². The lowest BCUT2D eigenvalue weighted by atomic mass is 10.1. The Morgan fingerprint density at radius 2 is 1.71 bits per heavy atom. The highest BCUT2D eigenvalue weighted by Crippen LogP contribution is 2.14. The van der Waals surface area contributed by atoms with E-state index in [1.54, 1.807) is 0 Å². The molecule has 108 valence electrons. The van der Waals surface area contributed by atoms with Crippen molar-refractivity contribution >= 4 is 11.6 Å². The van der Waals surface area contributed by atoms with E-state index in [2.05, 4.69) is 42.0 Å². The van der Waals surface area contributed by atoms with Crippen LogP contribution >= 0.6 is 11.6 Å². The number of aliphatic hydroxyl groups is 1. The second kappa shape index (κ2) is 7.85. The molecule has 0 amide bonds. The Kier molecular flexibility index (Phi) is 5.83. The van der Waals surface area contributed by atoms with Gasteiger partial charge in [-0.1, -0.05) is 47.7 Å². The van der Waals surface area contributed by atoms with Crippen molar-refractivity contribution in [3.63, 3.8) is 0 Å². The fraction of sp³-hybridized carbons (Fsp3) is 0.222. The largest absolute Gasteiger partial charge is 0.384 e. The van der Waals surface area contributed by atoms with Crippen LogP contribution in [0, 0.1) is 11.8 Å². The first-order valence-electron chi connectivity index (χ1n) is 6.79. The van der Waals surface area contributed by atoms with Gasteiger partial charge in [-0.15, -0.1) is 0 Å². The van der Waals surface area contributed by atoms with Crippen molar-refractivity contribution in [1.82, 2.24) is 4.90 Å². The molecule has 0 radical (unpaired) electrons. The monoisotopic (exact) mass is 299 g/mol. The highest BCUT2D eigenvalue weighted by Gasteiger charge is 2.03. The summed E-state index contributed by atoms with van der Waals surface area (Å²) in [6.45, 7) is 1.56. The average molecular weight is 300 g/mol. The van der Waals surface area contributed by atoms with Gasteiger partial charge in [0.2, 0.25) is 0 Å². The summed E-state index contributed by atoms with van der Waals surface area (Å²) in [6, 6.07) is 16.0. The maximum absolute atomic E-state index is 8.74. The van der Waals surface area contributed by atoms with Crippen molar-refractivity contribution in [2.45, 2.75) is 13.1 Å². The van der Waals surface area contributed by atoms with Gasteiger partial charge in [0.1, 0.15) is 6.61 Å². The van der Waals surface area contributed by atoms with Crippen LogP contribution in [0.15, 0.2) is 48.5 Å². The van der Waals surface area contributed by atoms with E-state index in [1.807, 2.05) is 30.3 Å². The molecule has 2 aromatic carbocycles. The lowest BCUT2D eigenvalue weighted by Crippen LogP contribution is -2.17. The summed E-state index contributed by atoms with van der Waals surface area (Å²) in [5, 5.41) is 9.50. The van der Waals surface area contributed by atoms with E-state index in [-0.39, 0.29) is 6.61 Å². The Bertz CT molecular complexity index is 658. The summed E-state index contributed by atoms with van der Waals surface area (Å²) in [4.78, 5) is 2.23. The zero-order chi connectivity index (χ0) is 15.1. The molecule has 0 fully saturated rings. The van der Waals surface area contributed by atoms with Gasteiger partial charge in [0.05, 0.1) is 0 Å². The van der Waals surface area contributed by atoms with Crippen molar-refractivity contribution in [2.75, 3.05) is 13.7 Å². The molecule has 2 nitrogen and oxygen atoms in total. The van der Waals surface area contributed by atoms with Crippen LogP contribution in [0.2, 0.25) is 5.02 Å². The van der Waals surface area contributed by atoms with E-state index >= 15 is 0 Å². The number of rotatable bonds is 4. The van der Waals surface area contributed by atoms with E-state index in [0.717, 1.165) is 23.7 Å². The highest BCUT2D eigenvalue weighted by molar-refractivity contribution is 6.30. The molecule has 0 bridgehead atoms. The van der Waals surface area contributed by atoms with Crippen LogP contribution in [-0.4, -0.2) is 23.7 Å². The molecule has 0 unspecified atom stereocenters. The van der Waals surface area contributed by atoms with Gasteiger partial charge in [0, 0.05) is 23.7 Å². The molecule has 0 saturated heterocycles. The molecule has 0 aromatic heterocycles. The van der Waals surface area contributed by atoms with Gasteiger partial charge in [0.25, 0.3) is 0 Å². The second-order valence-corrected chi connectivity index (χ2v) is 5.40. The molecule has 3 heteroatoms. The number of aliphatic hydroxyl groups excluding tert-OH is 1. The topological polar surface area (TPSA) is 23.5 Å². The smallest absolute Gasteiger partial charge is 0.104 e. The van der Waals surface area contributed by atoms with E-state index in [9.17, 15) is 0 Å². The normalized spacial score (nSPS) is 10.3. The van der Waals surface area contributed by atoms with E-state index in [1.165, 1.54) is 11.1 Å². The predicted octanol–water partition coefficient (Wildman–Crippen LogP) is 3.32. The number of nitrogens with zero attached hydrogens (tertiary/aromatic N) is 1. The summed E-state index contributed by atoms with van der Waals surface area (Å²) >= 11 is 6.00. The average Bonchev–Trinajstić information content (AvgIpc) is 2.45. The molecule has 0 saturated carbocycles. The van der Waals surface area contributed by atoms with Crippen molar-refractivity contribution in [1.29, 1.82) is 0 Å². The Morgan fingerprint density at radius 3 is 2.38 bits per heavy atom. The molecule has 1 N–H and O–H groups in total. The third-order valence-corrected chi connectivity index (χ3v) is 3.27. The third-order valence-electron chi connectivity index (χ3n) is 3.03. The van der Waals surface area contributed by atoms with Gasteiger partial charge in [-0.3, -0.25) is 4.90 Å². The van der Waals surface area contributed by atoms with E-state index in [4.69, 9.17) is 16.7 Å². The van der Waals surface area contributed by atoms with Crippen LogP contribution in [-0.2, 0) is 13.1 Å². The molecule has 0 aliphatic rings. The quantitative estimate of drug-likeness (QED) is 0.876. The summed E-state index contributed by atoms with van der Waals surface area (Å²) in [5.74, 6) is 5.60. The van der Waals surface area contributed by atoms with Crippen molar-refractivity contribution < 1.29 is 5.11 Å². The number of benzene rings is 2. The summed E-state index contributed by atoms with van der Waals surface area (Å²) in [6.07, 6.45) is 0. The van der Waals surface area contributed by atoms with Crippen LogP contribution < -0.4 is 0 Å². The number of hydrogen-bond donors (Lipinski definition) is 1. The van der Waals surface area contributed by atoms with Crippen molar-refractivity contribution in [2.24, 2.45) is 0 Å². The maximum atomic E-state index is 8.74. The minimum Gasteiger partial charge on any atom is -0.384 e. The van der Waals surface area contributed by atoms with E-state index in [0.29, 0.717) is 0 Å². The summed E-state index contributed by atoms with van der Waals surface area (Å²) in [5.41, 5.74) is 3.32. The summed E-state index contributed by atoms with van der Waals surface area (Å²) < 4.78 is 0. The van der Waals surface area contributed by atoms with Gasteiger partial charge in [-0.25, -0.2) is 0 Å². The third kappa shape index (κ3) is 5.24. The number of halogens is 1. The van der Waals surface area contributed by atoms with Crippen LogP contribution in [0.25, 0.3) is 0 Å². The lowest BCUT2D eigenvalue weighted by Gasteiger charge is -2.17. The summed E-state index contributed by atoms with van der Waals surface area (Å²) in [7, 11) is 2.08. The van der Waals surface area contributed by atoms with Crippen LogP contribution in [0.4, 0.5) is 0 Å². The standard InChI is InChI=1S/C18H18ClNO/c1-20(14-17-7-3-9-18(19)12-17)13-16-6-2-5-15(11-16)8-4-10-21/h2-3,5-7,9,11-12,21H,10,13-14H2,1H3. The molecule has 0 aliphatic heterocycles.